The zero-order valence-corrected chi connectivity index (χ0v) is 14.7. The molecule has 1 aliphatic heterocycles. The topological polar surface area (TPSA) is 80.5 Å². The molecule has 134 valence electrons. The van der Waals surface area contributed by atoms with Crippen molar-refractivity contribution in [1.29, 1.82) is 0 Å². The number of methoxy groups -OCH3 is 1. The van der Waals surface area contributed by atoms with Crippen molar-refractivity contribution in [2.45, 2.75) is 26.2 Å². The third kappa shape index (κ3) is 4.10. The van der Waals surface area contributed by atoms with Gasteiger partial charge in [0.15, 0.2) is 0 Å². The van der Waals surface area contributed by atoms with Gasteiger partial charge in [0.05, 0.1) is 13.0 Å². The van der Waals surface area contributed by atoms with Crippen LogP contribution in [0.25, 0.3) is 11.4 Å². The van der Waals surface area contributed by atoms with E-state index in [0.29, 0.717) is 18.4 Å². The highest BCUT2D eigenvalue weighted by atomic mass is 16.5. The summed E-state index contributed by atoms with van der Waals surface area (Å²) in [5.74, 6) is 1.40. The molecule has 0 bridgehead atoms. The van der Waals surface area contributed by atoms with Crippen LogP contribution in [0.4, 0.5) is 6.01 Å². The molecule has 1 aromatic carbocycles. The smallest absolute Gasteiger partial charge is 0.324 e. The number of nitrogens with zero attached hydrogens (tertiary/aromatic N) is 3. The maximum absolute atomic E-state index is 12.2. The Morgan fingerprint density at radius 2 is 2.20 bits per heavy atom. The molecule has 0 radical (unpaired) electrons. The molecule has 1 atom stereocenters. The molecule has 1 N–H and O–H groups in total. The van der Waals surface area contributed by atoms with E-state index in [1.807, 2.05) is 36.1 Å². The lowest BCUT2D eigenvalue weighted by atomic mass is 9.97. The molecule has 7 nitrogen and oxygen atoms in total. The van der Waals surface area contributed by atoms with E-state index in [9.17, 15) is 4.79 Å². The monoisotopic (exact) mass is 344 g/mol. The van der Waals surface area contributed by atoms with Crippen LogP contribution in [-0.4, -0.2) is 42.8 Å². The number of benzene rings is 1. The van der Waals surface area contributed by atoms with Gasteiger partial charge in [-0.1, -0.05) is 12.1 Å². The van der Waals surface area contributed by atoms with E-state index in [2.05, 4.69) is 15.5 Å². The quantitative estimate of drug-likeness (QED) is 0.867. The molecule has 25 heavy (non-hydrogen) atoms. The van der Waals surface area contributed by atoms with Gasteiger partial charge in [-0.05, 0) is 43.5 Å². The van der Waals surface area contributed by atoms with Crippen LogP contribution in [0.1, 0.15) is 26.2 Å². The number of carbonyl (C=O) groups excluding carboxylic acids is 1. The number of nitrogens with one attached hydrogen (secondary N) is 1. The van der Waals surface area contributed by atoms with Crippen molar-refractivity contribution in [3.8, 4) is 17.1 Å². The molecule has 1 aromatic heterocycles. The summed E-state index contributed by atoms with van der Waals surface area (Å²) in [5, 5.41) is 7.04. The SMILES string of the molecule is CCCNC(=O)[C@@H]1CCCN(c2nc(-c3ccc(OC)cc3)no2)C1. The number of aromatic nitrogens is 2. The number of hydrogen-bond acceptors (Lipinski definition) is 6. The minimum atomic E-state index is -0.0309. The van der Waals surface area contributed by atoms with Crippen LogP contribution in [0.5, 0.6) is 5.75 Å². The van der Waals surface area contributed by atoms with Crippen molar-refractivity contribution in [1.82, 2.24) is 15.5 Å². The summed E-state index contributed by atoms with van der Waals surface area (Å²) < 4.78 is 10.6. The maximum atomic E-state index is 12.2. The Kier molecular flexibility index (Phi) is 5.53. The molecule has 0 aliphatic carbocycles. The predicted molar refractivity (Wildman–Crippen MR) is 94.5 cm³/mol. The van der Waals surface area contributed by atoms with Gasteiger partial charge in [-0.25, -0.2) is 0 Å². The first kappa shape index (κ1) is 17.3. The minimum Gasteiger partial charge on any atom is -0.497 e. The van der Waals surface area contributed by atoms with Crippen molar-refractivity contribution in [3.05, 3.63) is 24.3 Å². The molecule has 1 amide bonds. The molecule has 7 heteroatoms. The molecule has 2 aromatic rings. The molecule has 3 rings (SSSR count). The fourth-order valence-electron chi connectivity index (χ4n) is 2.96. The van der Waals surface area contributed by atoms with Crippen LogP contribution >= 0.6 is 0 Å². The van der Waals surface area contributed by atoms with Gasteiger partial charge < -0.3 is 19.5 Å². The van der Waals surface area contributed by atoms with Gasteiger partial charge in [0.1, 0.15) is 5.75 Å². The average molecular weight is 344 g/mol. The zero-order chi connectivity index (χ0) is 17.6. The van der Waals surface area contributed by atoms with Crippen molar-refractivity contribution >= 4 is 11.9 Å². The van der Waals surface area contributed by atoms with Crippen LogP contribution in [0.3, 0.4) is 0 Å². The molecule has 0 unspecified atom stereocenters. The predicted octanol–water partition coefficient (Wildman–Crippen LogP) is 2.49. The second-order valence-electron chi connectivity index (χ2n) is 6.21. The molecule has 0 saturated carbocycles. The molecular formula is C18H24N4O3. The van der Waals surface area contributed by atoms with E-state index in [1.54, 1.807) is 7.11 Å². The van der Waals surface area contributed by atoms with Gasteiger partial charge in [-0.15, -0.1) is 0 Å². The highest BCUT2D eigenvalue weighted by Crippen LogP contribution is 2.25. The average Bonchev–Trinajstić information content (AvgIpc) is 3.16. The van der Waals surface area contributed by atoms with Crippen molar-refractivity contribution < 1.29 is 14.1 Å². The van der Waals surface area contributed by atoms with Crippen molar-refractivity contribution in [2.75, 3.05) is 31.6 Å². The lowest BCUT2D eigenvalue weighted by Gasteiger charge is -2.30. The van der Waals surface area contributed by atoms with Crippen molar-refractivity contribution in [2.24, 2.45) is 5.92 Å². The van der Waals surface area contributed by atoms with E-state index >= 15 is 0 Å². The first-order valence-electron chi connectivity index (χ1n) is 8.72. The van der Waals surface area contributed by atoms with E-state index in [0.717, 1.165) is 43.7 Å². The summed E-state index contributed by atoms with van der Waals surface area (Å²) in [6, 6.07) is 7.98. The summed E-state index contributed by atoms with van der Waals surface area (Å²) >= 11 is 0. The van der Waals surface area contributed by atoms with Crippen LogP contribution in [0.15, 0.2) is 28.8 Å². The normalized spacial score (nSPS) is 17.4. The van der Waals surface area contributed by atoms with Gasteiger partial charge in [-0.3, -0.25) is 4.79 Å². The number of amides is 1. The first-order chi connectivity index (χ1) is 12.2. The maximum Gasteiger partial charge on any atom is 0.324 e. The largest absolute Gasteiger partial charge is 0.497 e. The summed E-state index contributed by atoms with van der Waals surface area (Å²) in [6.45, 7) is 4.20. The third-order valence-corrected chi connectivity index (χ3v) is 4.38. The lowest BCUT2D eigenvalue weighted by molar-refractivity contribution is -0.125. The highest BCUT2D eigenvalue weighted by molar-refractivity contribution is 5.79. The molecular weight excluding hydrogens is 320 g/mol. The fourth-order valence-corrected chi connectivity index (χ4v) is 2.96. The molecule has 1 aliphatic rings. The number of carbonyl (C=O) groups is 1. The Labute approximate surface area is 147 Å². The van der Waals surface area contributed by atoms with E-state index in [4.69, 9.17) is 9.26 Å². The molecule has 1 saturated heterocycles. The summed E-state index contributed by atoms with van der Waals surface area (Å²) in [7, 11) is 1.63. The van der Waals surface area contributed by atoms with E-state index in [1.165, 1.54) is 0 Å². The first-order valence-corrected chi connectivity index (χ1v) is 8.72. The van der Waals surface area contributed by atoms with Gasteiger partial charge in [0, 0.05) is 25.2 Å². The molecule has 1 fully saturated rings. The van der Waals surface area contributed by atoms with Crippen LogP contribution in [0, 0.1) is 5.92 Å². The summed E-state index contributed by atoms with van der Waals surface area (Å²) in [6.07, 6.45) is 2.77. The lowest BCUT2D eigenvalue weighted by Crippen LogP contribution is -2.43. The van der Waals surface area contributed by atoms with E-state index < -0.39 is 0 Å². The second kappa shape index (κ2) is 8.00. The highest BCUT2D eigenvalue weighted by Gasteiger charge is 2.28. The number of rotatable bonds is 6. The van der Waals surface area contributed by atoms with Crippen molar-refractivity contribution in [3.63, 3.8) is 0 Å². The number of piperidine rings is 1. The fraction of sp³-hybridized carbons (Fsp3) is 0.500. The Bertz CT molecular complexity index is 699. The van der Waals surface area contributed by atoms with Crippen LogP contribution in [-0.2, 0) is 4.79 Å². The van der Waals surface area contributed by atoms with Gasteiger partial charge in [0.25, 0.3) is 0 Å². The van der Waals surface area contributed by atoms with Crippen LogP contribution in [0.2, 0.25) is 0 Å². The standard InChI is InChI=1S/C18H24N4O3/c1-3-10-19-17(23)14-5-4-11-22(12-14)18-20-16(21-25-18)13-6-8-15(24-2)9-7-13/h6-9,14H,3-5,10-12H2,1-2H3,(H,19,23)/t14-/m1/s1. The van der Waals surface area contributed by atoms with Gasteiger partial charge in [-0.2, -0.15) is 4.98 Å². The second-order valence-corrected chi connectivity index (χ2v) is 6.21. The zero-order valence-electron chi connectivity index (χ0n) is 14.7. The number of ether oxygens (including phenoxy) is 1. The van der Waals surface area contributed by atoms with Gasteiger partial charge in [0.2, 0.25) is 11.7 Å². The Balaban J connectivity index is 1.67. The number of hydrogen-bond donors (Lipinski definition) is 1. The Morgan fingerprint density at radius 3 is 2.92 bits per heavy atom. The third-order valence-electron chi connectivity index (χ3n) is 4.38. The Hall–Kier alpha value is -2.57. The Morgan fingerprint density at radius 1 is 1.40 bits per heavy atom. The summed E-state index contributed by atoms with van der Waals surface area (Å²) in [5.41, 5.74) is 0.866. The summed E-state index contributed by atoms with van der Waals surface area (Å²) in [4.78, 5) is 18.7. The molecule has 0 spiro atoms. The van der Waals surface area contributed by atoms with E-state index in [-0.39, 0.29) is 11.8 Å². The molecule has 2 heterocycles. The number of anilines is 1. The minimum absolute atomic E-state index is 0.0309. The van der Waals surface area contributed by atoms with Crippen LogP contribution < -0.4 is 15.0 Å². The van der Waals surface area contributed by atoms with Gasteiger partial charge >= 0.3 is 6.01 Å².